The van der Waals surface area contributed by atoms with Crippen molar-refractivity contribution in [2.45, 2.75) is 63.5 Å². The Kier molecular flexibility index (Phi) is 8.96. The normalized spacial score (nSPS) is 17.9. The van der Waals surface area contributed by atoms with Gasteiger partial charge in [0.15, 0.2) is 0 Å². The van der Waals surface area contributed by atoms with E-state index < -0.39 is 0 Å². The molecule has 1 saturated carbocycles. The number of methoxy groups -OCH3 is 2. The molecule has 6 heteroatoms. The number of rotatable bonds is 10. The van der Waals surface area contributed by atoms with Crippen LogP contribution in [-0.4, -0.2) is 38.1 Å². The Morgan fingerprint density at radius 2 is 1.03 bits per heavy atom. The van der Waals surface area contributed by atoms with Crippen molar-refractivity contribution < 1.29 is 19.1 Å². The van der Waals surface area contributed by atoms with Gasteiger partial charge in [0, 0.05) is 24.9 Å². The smallest absolute Gasteiger partial charge is 0.220 e. The molecule has 0 spiro atoms. The number of hydrogen-bond acceptors (Lipinski definition) is 4. The number of hydrogen-bond donors (Lipinski definition) is 2. The van der Waals surface area contributed by atoms with Crippen LogP contribution >= 0.6 is 0 Å². The molecule has 0 heterocycles. The molecule has 1 fully saturated rings. The molecule has 2 aromatic carbocycles. The topological polar surface area (TPSA) is 76.7 Å². The van der Waals surface area contributed by atoms with Gasteiger partial charge in [0.2, 0.25) is 11.8 Å². The summed E-state index contributed by atoms with van der Waals surface area (Å²) in [6, 6.07) is 16.0. The first kappa shape index (κ1) is 23.6. The lowest BCUT2D eigenvalue weighted by molar-refractivity contribution is -0.123. The highest BCUT2D eigenvalue weighted by molar-refractivity contribution is 5.77. The maximum Gasteiger partial charge on any atom is 0.220 e. The second-order valence-corrected chi connectivity index (χ2v) is 8.38. The summed E-state index contributed by atoms with van der Waals surface area (Å²) in [6.45, 7) is 0. The standard InChI is InChI=1S/C26H34N2O4/c1-31-23-13-3-19(4-14-23)7-17-25(29)27-21-9-11-22(12-10-21)28-26(30)18-8-20-5-15-24(32-2)16-6-20/h3-6,13-16,21-22H,7-12,17-18H2,1-2H3,(H,27,29)(H,28,30). The molecular formula is C26H34N2O4. The zero-order chi connectivity index (χ0) is 22.8. The van der Waals surface area contributed by atoms with Crippen molar-refractivity contribution >= 4 is 11.8 Å². The van der Waals surface area contributed by atoms with Crippen LogP contribution in [0.25, 0.3) is 0 Å². The summed E-state index contributed by atoms with van der Waals surface area (Å²) < 4.78 is 10.3. The van der Waals surface area contributed by atoms with E-state index in [9.17, 15) is 9.59 Å². The van der Waals surface area contributed by atoms with Gasteiger partial charge in [-0.05, 0) is 73.9 Å². The SMILES string of the molecule is COc1ccc(CCC(=O)NC2CCC(NC(=O)CCc3ccc(OC)cc3)CC2)cc1. The van der Waals surface area contributed by atoms with E-state index in [1.165, 1.54) is 0 Å². The van der Waals surface area contributed by atoms with Gasteiger partial charge in [-0.1, -0.05) is 24.3 Å². The number of aryl methyl sites for hydroxylation is 2. The largest absolute Gasteiger partial charge is 0.497 e. The summed E-state index contributed by atoms with van der Waals surface area (Å²) in [6.07, 6.45) is 6.00. The van der Waals surface area contributed by atoms with Crippen LogP contribution in [-0.2, 0) is 22.4 Å². The zero-order valence-corrected chi connectivity index (χ0v) is 19.1. The summed E-state index contributed by atoms with van der Waals surface area (Å²) in [5, 5.41) is 6.31. The maximum atomic E-state index is 12.3. The lowest BCUT2D eigenvalue weighted by Gasteiger charge is -2.29. The van der Waals surface area contributed by atoms with Crippen molar-refractivity contribution in [3.05, 3.63) is 59.7 Å². The molecule has 0 aromatic heterocycles. The Hall–Kier alpha value is -3.02. The van der Waals surface area contributed by atoms with Gasteiger partial charge in [-0.15, -0.1) is 0 Å². The summed E-state index contributed by atoms with van der Waals surface area (Å²) in [7, 11) is 3.29. The van der Waals surface area contributed by atoms with E-state index in [0.29, 0.717) is 12.8 Å². The van der Waals surface area contributed by atoms with Crippen LogP contribution < -0.4 is 20.1 Å². The van der Waals surface area contributed by atoms with Crippen LogP contribution in [0.4, 0.5) is 0 Å². The molecule has 0 atom stereocenters. The van der Waals surface area contributed by atoms with E-state index in [0.717, 1.165) is 61.2 Å². The molecule has 2 N–H and O–H groups in total. The average Bonchev–Trinajstić information content (AvgIpc) is 2.83. The Morgan fingerprint density at radius 1 is 0.688 bits per heavy atom. The molecular weight excluding hydrogens is 404 g/mol. The molecule has 0 radical (unpaired) electrons. The summed E-state index contributed by atoms with van der Waals surface area (Å²) in [5.41, 5.74) is 2.25. The van der Waals surface area contributed by atoms with E-state index in [4.69, 9.17) is 9.47 Å². The van der Waals surface area contributed by atoms with Crippen LogP contribution in [0.15, 0.2) is 48.5 Å². The van der Waals surface area contributed by atoms with Gasteiger partial charge in [-0.2, -0.15) is 0 Å². The molecule has 172 valence electrons. The molecule has 1 aliphatic rings. The fourth-order valence-electron chi connectivity index (χ4n) is 4.08. The van der Waals surface area contributed by atoms with Crippen molar-refractivity contribution in [3.8, 4) is 11.5 Å². The lowest BCUT2D eigenvalue weighted by atomic mass is 9.91. The molecule has 6 nitrogen and oxygen atoms in total. The predicted molar refractivity (Wildman–Crippen MR) is 125 cm³/mol. The van der Waals surface area contributed by atoms with E-state index >= 15 is 0 Å². The first-order valence-electron chi connectivity index (χ1n) is 11.4. The monoisotopic (exact) mass is 438 g/mol. The number of ether oxygens (including phenoxy) is 2. The van der Waals surface area contributed by atoms with E-state index in [-0.39, 0.29) is 23.9 Å². The molecule has 1 aliphatic carbocycles. The maximum absolute atomic E-state index is 12.3. The molecule has 0 bridgehead atoms. The molecule has 0 unspecified atom stereocenters. The second-order valence-electron chi connectivity index (χ2n) is 8.38. The minimum Gasteiger partial charge on any atom is -0.497 e. The van der Waals surface area contributed by atoms with Gasteiger partial charge in [0.25, 0.3) is 0 Å². The number of carbonyl (C=O) groups excluding carboxylic acids is 2. The van der Waals surface area contributed by atoms with Gasteiger partial charge >= 0.3 is 0 Å². The summed E-state index contributed by atoms with van der Waals surface area (Å²) in [4.78, 5) is 24.6. The number of nitrogens with one attached hydrogen (secondary N) is 2. The Labute approximate surface area is 190 Å². The fraction of sp³-hybridized carbons (Fsp3) is 0.462. The molecule has 2 amide bonds. The van der Waals surface area contributed by atoms with E-state index in [1.807, 2.05) is 48.5 Å². The van der Waals surface area contributed by atoms with E-state index in [1.54, 1.807) is 14.2 Å². The van der Waals surface area contributed by atoms with Crippen LogP contribution in [0.3, 0.4) is 0 Å². The predicted octanol–water partition coefficient (Wildman–Crippen LogP) is 3.81. The average molecular weight is 439 g/mol. The highest BCUT2D eigenvalue weighted by Gasteiger charge is 2.23. The van der Waals surface area contributed by atoms with Gasteiger partial charge in [-0.25, -0.2) is 0 Å². The Balaban J connectivity index is 1.30. The number of amides is 2. The molecule has 32 heavy (non-hydrogen) atoms. The van der Waals surface area contributed by atoms with E-state index in [2.05, 4.69) is 10.6 Å². The highest BCUT2D eigenvalue weighted by Crippen LogP contribution is 2.20. The molecule has 2 aromatic rings. The number of carbonyl (C=O) groups is 2. The summed E-state index contributed by atoms with van der Waals surface area (Å²) >= 11 is 0. The van der Waals surface area contributed by atoms with Crippen LogP contribution in [0.1, 0.15) is 49.7 Å². The minimum absolute atomic E-state index is 0.0906. The third-order valence-corrected chi connectivity index (χ3v) is 6.06. The van der Waals surface area contributed by atoms with Crippen LogP contribution in [0, 0.1) is 0 Å². The Morgan fingerprint density at radius 3 is 1.34 bits per heavy atom. The van der Waals surface area contributed by atoms with Crippen molar-refractivity contribution in [2.75, 3.05) is 14.2 Å². The van der Waals surface area contributed by atoms with Crippen LogP contribution in [0.5, 0.6) is 11.5 Å². The van der Waals surface area contributed by atoms with Crippen molar-refractivity contribution in [1.82, 2.24) is 10.6 Å². The second kappa shape index (κ2) is 12.1. The molecule has 0 aliphatic heterocycles. The van der Waals surface area contributed by atoms with Crippen molar-refractivity contribution in [1.29, 1.82) is 0 Å². The first-order valence-corrected chi connectivity index (χ1v) is 11.4. The minimum atomic E-state index is 0.0906. The zero-order valence-electron chi connectivity index (χ0n) is 19.1. The third kappa shape index (κ3) is 7.59. The van der Waals surface area contributed by atoms with Crippen molar-refractivity contribution in [3.63, 3.8) is 0 Å². The molecule has 3 rings (SSSR count). The third-order valence-electron chi connectivity index (χ3n) is 6.06. The fourth-order valence-corrected chi connectivity index (χ4v) is 4.08. The van der Waals surface area contributed by atoms with Gasteiger partial charge < -0.3 is 20.1 Å². The lowest BCUT2D eigenvalue weighted by Crippen LogP contribution is -2.43. The number of benzene rings is 2. The molecule has 0 saturated heterocycles. The van der Waals surface area contributed by atoms with Gasteiger partial charge in [0.1, 0.15) is 11.5 Å². The van der Waals surface area contributed by atoms with Gasteiger partial charge in [0.05, 0.1) is 14.2 Å². The highest BCUT2D eigenvalue weighted by atomic mass is 16.5. The quantitative estimate of drug-likeness (QED) is 0.591. The summed E-state index contributed by atoms with van der Waals surface area (Å²) in [5.74, 6) is 1.83. The Bertz CT molecular complexity index is 783. The van der Waals surface area contributed by atoms with Crippen LogP contribution in [0.2, 0.25) is 0 Å². The van der Waals surface area contributed by atoms with Gasteiger partial charge in [-0.3, -0.25) is 9.59 Å². The first-order chi connectivity index (χ1) is 15.6. The van der Waals surface area contributed by atoms with Crippen molar-refractivity contribution in [2.24, 2.45) is 0 Å².